The molecule has 3 heterocycles. The molecule has 1 saturated heterocycles. The molecule has 2 aliphatic heterocycles. The molecular formula is C21H19Cl2FN4OS. The Hall–Kier alpha value is -1.80. The Morgan fingerprint density at radius 2 is 2.10 bits per heavy atom. The number of benzene rings is 2. The zero-order valence-corrected chi connectivity index (χ0v) is 18.5. The van der Waals surface area contributed by atoms with Gasteiger partial charge >= 0.3 is 5.69 Å². The minimum Gasteiger partial charge on any atom is -0.351 e. The zero-order chi connectivity index (χ0) is 21.0. The van der Waals surface area contributed by atoms with Crippen LogP contribution in [0.15, 0.2) is 34.0 Å². The van der Waals surface area contributed by atoms with Crippen LogP contribution in [0.3, 0.4) is 0 Å². The second-order valence-corrected chi connectivity index (χ2v) is 9.50. The standard InChI is InChI=1S/C21H19Cl2FN4OS/c1-11-10-25-4-5-27(11)20-14-9-15(23)17(13-8-12(22)2-3-16(13)24)19-18(14)28(6-7-30-19)21(29)26-20/h2-3,8-9,11,25H,4-7,10H2,1H3/t11-/m0/s1. The first-order valence-electron chi connectivity index (χ1n) is 9.78. The molecule has 3 aromatic rings. The molecule has 0 saturated carbocycles. The summed E-state index contributed by atoms with van der Waals surface area (Å²) in [5, 5.41) is 5.03. The summed E-state index contributed by atoms with van der Waals surface area (Å²) in [6.07, 6.45) is 0. The number of piperazine rings is 1. The van der Waals surface area contributed by atoms with Gasteiger partial charge in [-0.1, -0.05) is 23.2 Å². The van der Waals surface area contributed by atoms with Gasteiger partial charge in [-0.2, -0.15) is 4.98 Å². The molecule has 0 bridgehead atoms. The number of aryl methyl sites for hydroxylation is 1. The summed E-state index contributed by atoms with van der Waals surface area (Å²) >= 11 is 14.5. The molecule has 1 atom stereocenters. The molecule has 1 aromatic heterocycles. The number of hydrogen-bond donors (Lipinski definition) is 1. The van der Waals surface area contributed by atoms with Gasteiger partial charge in [0.1, 0.15) is 11.6 Å². The van der Waals surface area contributed by atoms with E-state index in [1.807, 2.05) is 6.07 Å². The first kappa shape index (κ1) is 20.1. The van der Waals surface area contributed by atoms with Crippen molar-refractivity contribution in [1.82, 2.24) is 14.9 Å². The van der Waals surface area contributed by atoms with Crippen molar-refractivity contribution in [3.63, 3.8) is 0 Å². The Kier molecular flexibility index (Phi) is 5.17. The minimum absolute atomic E-state index is 0.188. The fourth-order valence-electron chi connectivity index (χ4n) is 4.26. The molecule has 0 unspecified atom stereocenters. The van der Waals surface area contributed by atoms with Crippen LogP contribution in [0.1, 0.15) is 6.92 Å². The second kappa shape index (κ2) is 7.71. The number of anilines is 1. The van der Waals surface area contributed by atoms with Crippen molar-refractivity contribution in [3.8, 4) is 11.1 Å². The topological polar surface area (TPSA) is 50.2 Å². The highest BCUT2D eigenvalue weighted by atomic mass is 35.5. The van der Waals surface area contributed by atoms with Crippen LogP contribution >= 0.6 is 35.0 Å². The van der Waals surface area contributed by atoms with Crippen molar-refractivity contribution in [1.29, 1.82) is 0 Å². The van der Waals surface area contributed by atoms with E-state index in [1.54, 1.807) is 22.4 Å². The largest absolute Gasteiger partial charge is 0.351 e. The maximum absolute atomic E-state index is 14.7. The number of rotatable bonds is 2. The fraction of sp³-hybridized carbons (Fsp3) is 0.333. The Balaban J connectivity index is 1.85. The van der Waals surface area contributed by atoms with Gasteiger partial charge in [-0.3, -0.25) is 4.57 Å². The summed E-state index contributed by atoms with van der Waals surface area (Å²) in [5.41, 5.74) is 1.40. The quantitative estimate of drug-likeness (QED) is 0.608. The third-order valence-electron chi connectivity index (χ3n) is 5.68. The van der Waals surface area contributed by atoms with Crippen LogP contribution in [0.25, 0.3) is 22.0 Å². The first-order valence-corrected chi connectivity index (χ1v) is 11.5. The molecule has 1 N–H and O–H groups in total. The normalized spacial score (nSPS) is 18.8. The summed E-state index contributed by atoms with van der Waals surface area (Å²) in [6, 6.07) is 6.43. The minimum atomic E-state index is -0.401. The van der Waals surface area contributed by atoms with E-state index in [9.17, 15) is 9.18 Å². The van der Waals surface area contributed by atoms with E-state index in [2.05, 4.69) is 22.1 Å². The van der Waals surface area contributed by atoms with Gasteiger partial charge in [-0.25, -0.2) is 9.18 Å². The maximum atomic E-state index is 14.7. The number of hydrogen-bond acceptors (Lipinski definition) is 5. The molecule has 0 spiro atoms. The lowest BCUT2D eigenvalue weighted by molar-refractivity contribution is 0.497. The van der Waals surface area contributed by atoms with Gasteiger partial charge in [0.05, 0.1) is 10.5 Å². The predicted molar refractivity (Wildman–Crippen MR) is 122 cm³/mol. The Bertz CT molecular complexity index is 1230. The Labute approximate surface area is 187 Å². The maximum Gasteiger partial charge on any atom is 0.350 e. The molecule has 9 heteroatoms. The molecule has 2 aliphatic rings. The molecule has 1 fully saturated rings. The predicted octanol–water partition coefficient (Wildman–Crippen LogP) is 4.41. The van der Waals surface area contributed by atoms with Crippen LogP contribution in [0, 0.1) is 5.82 Å². The Morgan fingerprint density at radius 3 is 2.90 bits per heavy atom. The lowest BCUT2D eigenvalue weighted by atomic mass is 10.0. The van der Waals surface area contributed by atoms with Crippen molar-refractivity contribution < 1.29 is 4.39 Å². The third kappa shape index (κ3) is 3.19. The SMILES string of the molecule is C[C@H]1CNCCN1c1nc(=O)n2c3c(c(-c4cc(Cl)ccc4F)c(Cl)cc13)SCC2. The van der Waals surface area contributed by atoms with Crippen LogP contribution in [-0.2, 0) is 6.54 Å². The second-order valence-electron chi connectivity index (χ2n) is 7.55. The molecule has 2 aromatic carbocycles. The number of thioether (sulfide) groups is 1. The fourth-order valence-corrected chi connectivity index (χ4v) is 6.00. The van der Waals surface area contributed by atoms with Gasteiger partial charge in [0.15, 0.2) is 0 Å². The average Bonchev–Trinajstić information content (AvgIpc) is 2.73. The monoisotopic (exact) mass is 464 g/mol. The van der Waals surface area contributed by atoms with Crippen LogP contribution in [0.5, 0.6) is 0 Å². The van der Waals surface area contributed by atoms with Gasteiger partial charge in [-0.05, 0) is 31.2 Å². The summed E-state index contributed by atoms with van der Waals surface area (Å²) < 4.78 is 16.4. The van der Waals surface area contributed by atoms with Crippen molar-refractivity contribution in [2.24, 2.45) is 0 Å². The van der Waals surface area contributed by atoms with Crippen LogP contribution in [-0.4, -0.2) is 41.0 Å². The molecule has 0 aliphatic carbocycles. The van der Waals surface area contributed by atoms with E-state index in [1.165, 1.54) is 12.1 Å². The highest BCUT2D eigenvalue weighted by Crippen LogP contribution is 2.46. The molecule has 0 amide bonds. The lowest BCUT2D eigenvalue weighted by Gasteiger charge is -2.36. The van der Waals surface area contributed by atoms with E-state index in [0.717, 1.165) is 35.4 Å². The average molecular weight is 465 g/mol. The smallest absolute Gasteiger partial charge is 0.350 e. The summed E-state index contributed by atoms with van der Waals surface area (Å²) in [7, 11) is 0. The number of nitrogens with zero attached hydrogens (tertiary/aromatic N) is 3. The highest BCUT2D eigenvalue weighted by molar-refractivity contribution is 7.99. The number of aromatic nitrogens is 2. The van der Waals surface area contributed by atoms with Gasteiger partial charge in [0, 0.05) is 64.4 Å². The summed E-state index contributed by atoms with van der Waals surface area (Å²) in [4.78, 5) is 20.3. The third-order valence-corrected chi connectivity index (χ3v) is 7.29. The van der Waals surface area contributed by atoms with Gasteiger partial charge in [0.25, 0.3) is 0 Å². The van der Waals surface area contributed by atoms with Gasteiger partial charge < -0.3 is 10.2 Å². The lowest BCUT2D eigenvalue weighted by Crippen LogP contribution is -2.51. The van der Waals surface area contributed by atoms with Crippen LogP contribution in [0.4, 0.5) is 10.2 Å². The van der Waals surface area contributed by atoms with Crippen molar-refractivity contribution in [3.05, 3.63) is 50.6 Å². The molecule has 30 heavy (non-hydrogen) atoms. The van der Waals surface area contributed by atoms with Gasteiger partial charge in [0.2, 0.25) is 0 Å². The van der Waals surface area contributed by atoms with E-state index in [-0.39, 0.29) is 11.7 Å². The molecule has 0 radical (unpaired) electrons. The number of halogens is 3. The van der Waals surface area contributed by atoms with Crippen LogP contribution in [0.2, 0.25) is 10.0 Å². The van der Waals surface area contributed by atoms with Crippen molar-refractivity contribution in [2.75, 3.05) is 30.3 Å². The van der Waals surface area contributed by atoms with Crippen molar-refractivity contribution in [2.45, 2.75) is 24.4 Å². The van der Waals surface area contributed by atoms with E-state index in [0.29, 0.717) is 39.3 Å². The number of nitrogens with one attached hydrogen (secondary N) is 1. The van der Waals surface area contributed by atoms with E-state index >= 15 is 0 Å². The summed E-state index contributed by atoms with van der Waals surface area (Å²) in [6.45, 7) is 5.03. The molecular weight excluding hydrogens is 446 g/mol. The van der Waals surface area contributed by atoms with E-state index in [4.69, 9.17) is 23.2 Å². The van der Waals surface area contributed by atoms with E-state index < -0.39 is 5.82 Å². The summed E-state index contributed by atoms with van der Waals surface area (Å²) in [5.74, 6) is 0.925. The molecule has 156 valence electrons. The Morgan fingerprint density at radius 1 is 1.27 bits per heavy atom. The molecule has 5 rings (SSSR count). The molecule has 5 nitrogen and oxygen atoms in total. The van der Waals surface area contributed by atoms with Crippen LogP contribution < -0.4 is 15.9 Å². The van der Waals surface area contributed by atoms with Crippen molar-refractivity contribution >= 4 is 51.7 Å². The zero-order valence-electron chi connectivity index (χ0n) is 16.2. The first-order chi connectivity index (χ1) is 14.5. The van der Waals surface area contributed by atoms with Gasteiger partial charge in [-0.15, -0.1) is 11.8 Å². The highest BCUT2D eigenvalue weighted by Gasteiger charge is 2.29.